The highest BCUT2D eigenvalue weighted by atomic mass is 32.2. The van der Waals surface area contributed by atoms with Gasteiger partial charge in [0.2, 0.25) is 10.0 Å². The zero-order valence-electron chi connectivity index (χ0n) is 9.31. The summed E-state index contributed by atoms with van der Waals surface area (Å²) in [5.74, 6) is -1.66. The molecule has 0 saturated heterocycles. The molecule has 4 nitrogen and oxygen atoms in total. The van der Waals surface area contributed by atoms with Crippen molar-refractivity contribution in [2.45, 2.75) is 13.3 Å². The average molecular weight is 257 g/mol. The molecule has 0 fully saturated rings. The highest BCUT2D eigenvalue weighted by molar-refractivity contribution is 7.93. The van der Waals surface area contributed by atoms with Crippen molar-refractivity contribution in [1.29, 1.82) is 0 Å². The number of carbonyl (C=O) groups is 1. The van der Waals surface area contributed by atoms with Gasteiger partial charge >= 0.3 is 0 Å². The number of ketones is 1. The van der Waals surface area contributed by atoms with Gasteiger partial charge in [-0.2, -0.15) is 0 Å². The highest BCUT2D eigenvalue weighted by Gasteiger charge is 2.34. The molecule has 1 aromatic carbocycles. The number of hydrogen-bond acceptors (Lipinski definition) is 3. The van der Waals surface area contributed by atoms with Crippen molar-refractivity contribution in [2.75, 3.05) is 16.6 Å². The number of anilines is 1. The van der Waals surface area contributed by atoms with E-state index in [1.165, 1.54) is 10.4 Å². The molecule has 0 bridgehead atoms. The molecule has 0 N–H and O–H groups in total. The van der Waals surface area contributed by atoms with Crippen molar-refractivity contribution in [3.05, 3.63) is 29.6 Å². The number of nitrogens with zero attached hydrogens (tertiary/aromatic N) is 1. The van der Waals surface area contributed by atoms with Gasteiger partial charge in [-0.3, -0.25) is 9.10 Å². The Hall–Kier alpha value is -1.43. The van der Waals surface area contributed by atoms with Crippen molar-refractivity contribution in [3.63, 3.8) is 0 Å². The summed E-state index contributed by atoms with van der Waals surface area (Å²) in [6.45, 7) is 2.14. The highest BCUT2D eigenvalue weighted by Crippen LogP contribution is 2.30. The summed E-state index contributed by atoms with van der Waals surface area (Å²) < 4.78 is 37.9. The van der Waals surface area contributed by atoms with Crippen molar-refractivity contribution in [3.8, 4) is 0 Å². The van der Waals surface area contributed by atoms with Gasteiger partial charge in [0, 0.05) is 12.1 Å². The zero-order chi connectivity index (χ0) is 12.6. The molecule has 0 atom stereocenters. The van der Waals surface area contributed by atoms with Crippen molar-refractivity contribution in [1.82, 2.24) is 0 Å². The summed E-state index contributed by atoms with van der Waals surface area (Å²) in [4.78, 5) is 11.6. The normalized spacial score (nSPS) is 18.0. The van der Waals surface area contributed by atoms with E-state index in [1.807, 2.05) is 6.92 Å². The van der Waals surface area contributed by atoms with E-state index < -0.39 is 27.4 Å². The molecule has 0 aromatic heterocycles. The van der Waals surface area contributed by atoms with Crippen LogP contribution in [0, 0.1) is 5.82 Å². The number of rotatable bonds is 2. The van der Waals surface area contributed by atoms with Crippen LogP contribution in [0.5, 0.6) is 0 Å². The summed E-state index contributed by atoms with van der Waals surface area (Å²) >= 11 is 0. The van der Waals surface area contributed by atoms with E-state index in [9.17, 15) is 17.6 Å². The number of hydrogen-bond donors (Lipinski definition) is 0. The maximum atomic E-state index is 13.1. The van der Waals surface area contributed by atoms with E-state index in [-0.39, 0.29) is 11.3 Å². The predicted molar refractivity (Wildman–Crippen MR) is 62.2 cm³/mol. The monoisotopic (exact) mass is 257 g/mol. The second-order valence-corrected chi connectivity index (χ2v) is 5.81. The summed E-state index contributed by atoms with van der Waals surface area (Å²) in [5.41, 5.74) is 0.428. The lowest BCUT2D eigenvalue weighted by Gasteiger charge is -2.29. The molecule has 17 heavy (non-hydrogen) atoms. The maximum Gasteiger partial charge on any atom is 0.242 e. The molecule has 6 heteroatoms. The SMILES string of the molecule is CCCN1c2ccc(F)cc2C(=O)CS1(=O)=O. The molecule has 0 spiro atoms. The van der Waals surface area contributed by atoms with E-state index >= 15 is 0 Å². The van der Waals surface area contributed by atoms with Crippen LogP contribution in [0.25, 0.3) is 0 Å². The number of halogens is 1. The van der Waals surface area contributed by atoms with Gasteiger partial charge in [-0.15, -0.1) is 0 Å². The lowest BCUT2D eigenvalue weighted by Crippen LogP contribution is -2.41. The van der Waals surface area contributed by atoms with Crippen LogP contribution in [0.15, 0.2) is 18.2 Å². The fourth-order valence-electron chi connectivity index (χ4n) is 1.88. The smallest absolute Gasteiger partial charge is 0.242 e. The molecule has 0 unspecified atom stereocenters. The molecule has 1 aliphatic heterocycles. The van der Waals surface area contributed by atoms with Gasteiger partial charge in [0.15, 0.2) is 5.78 Å². The van der Waals surface area contributed by atoms with Crippen LogP contribution < -0.4 is 4.31 Å². The van der Waals surface area contributed by atoms with E-state index in [1.54, 1.807) is 0 Å². The minimum Gasteiger partial charge on any atom is -0.293 e. The number of benzene rings is 1. The van der Waals surface area contributed by atoms with Crippen molar-refractivity contribution < 1.29 is 17.6 Å². The second kappa shape index (κ2) is 4.10. The molecule has 0 radical (unpaired) electrons. The van der Waals surface area contributed by atoms with Gasteiger partial charge in [-0.25, -0.2) is 12.8 Å². The molecule has 2 rings (SSSR count). The van der Waals surface area contributed by atoms with Gasteiger partial charge in [-0.05, 0) is 24.6 Å². The first-order valence-electron chi connectivity index (χ1n) is 5.29. The Labute approximate surface area is 99.1 Å². The Kier molecular flexibility index (Phi) is 2.91. The first-order chi connectivity index (χ1) is 7.95. The maximum absolute atomic E-state index is 13.1. The largest absolute Gasteiger partial charge is 0.293 e. The van der Waals surface area contributed by atoms with Crippen LogP contribution >= 0.6 is 0 Å². The minimum absolute atomic E-state index is 0.147. The van der Waals surface area contributed by atoms with Crippen LogP contribution in [0.1, 0.15) is 23.7 Å². The number of fused-ring (bicyclic) bond motifs is 1. The first kappa shape index (κ1) is 12.0. The minimum atomic E-state index is -3.60. The lowest BCUT2D eigenvalue weighted by molar-refractivity contribution is 0.101. The van der Waals surface area contributed by atoms with Crippen LogP contribution in [0.4, 0.5) is 10.1 Å². The third-order valence-corrected chi connectivity index (χ3v) is 4.28. The fourth-order valence-corrected chi connectivity index (χ4v) is 3.45. The van der Waals surface area contributed by atoms with Gasteiger partial charge in [0.1, 0.15) is 11.6 Å². The Morgan fingerprint density at radius 1 is 1.41 bits per heavy atom. The summed E-state index contributed by atoms with van der Waals surface area (Å²) in [5, 5.41) is 0. The van der Waals surface area contributed by atoms with Gasteiger partial charge in [0.05, 0.1) is 5.69 Å². The lowest BCUT2D eigenvalue weighted by atomic mass is 10.1. The van der Waals surface area contributed by atoms with Gasteiger partial charge in [0.25, 0.3) is 0 Å². The quantitative estimate of drug-likeness (QED) is 0.808. The van der Waals surface area contributed by atoms with E-state index in [0.29, 0.717) is 13.0 Å². The van der Waals surface area contributed by atoms with Crippen LogP contribution in [-0.2, 0) is 10.0 Å². The topological polar surface area (TPSA) is 54.5 Å². The summed E-state index contributed by atoms with van der Waals surface area (Å²) in [6, 6.07) is 3.60. The first-order valence-corrected chi connectivity index (χ1v) is 6.90. The molecule has 1 aromatic rings. The molecule has 0 amide bonds. The summed E-state index contributed by atoms with van der Waals surface area (Å²) in [7, 11) is -3.60. The van der Waals surface area contributed by atoms with E-state index in [2.05, 4.69) is 0 Å². The van der Waals surface area contributed by atoms with E-state index in [0.717, 1.165) is 12.1 Å². The number of sulfonamides is 1. The third-order valence-electron chi connectivity index (χ3n) is 2.60. The molecule has 0 saturated carbocycles. The van der Waals surface area contributed by atoms with Crippen molar-refractivity contribution >= 4 is 21.5 Å². The zero-order valence-corrected chi connectivity index (χ0v) is 10.1. The number of carbonyl (C=O) groups excluding carboxylic acids is 1. The number of Topliss-reactive ketones (excluding diaryl/α,β-unsaturated/α-hetero) is 1. The third kappa shape index (κ3) is 2.04. The molecule has 0 aliphatic carbocycles. The van der Waals surface area contributed by atoms with Crippen LogP contribution in [0.3, 0.4) is 0 Å². The molecular formula is C11H12FNO3S. The molecular weight excluding hydrogens is 245 g/mol. The second-order valence-electron chi connectivity index (χ2n) is 3.91. The van der Waals surface area contributed by atoms with Crippen molar-refractivity contribution in [2.24, 2.45) is 0 Å². The Morgan fingerprint density at radius 2 is 2.12 bits per heavy atom. The van der Waals surface area contributed by atoms with Crippen LogP contribution in [-0.4, -0.2) is 26.5 Å². The Bertz CT molecular complexity index is 568. The average Bonchev–Trinajstić information content (AvgIpc) is 2.24. The predicted octanol–water partition coefficient (Wildman–Crippen LogP) is 1.57. The molecule has 1 heterocycles. The van der Waals surface area contributed by atoms with E-state index in [4.69, 9.17) is 0 Å². The van der Waals surface area contributed by atoms with Gasteiger partial charge < -0.3 is 0 Å². The fraction of sp³-hybridized carbons (Fsp3) is 0.364. The standard InChI is InChI=1S/C11H12FNO3S/c1-2-5-13-10-4-3-8(12)6-9(10)11(14)7-17(13,15)16/h3-4,6H,2,5,7H2,1H3. The Balaban J connectivity index is 2.61. The molecule has 1 aliphatic rings. The molecule has 92 valence electrons. The Morgan fingerprint density at radius 3 is 2.76 bits per heavy atom. The summed E-state index contributed by atoms with van der Waals surface area (Å²) in [6.07, 6.45) is 0.629. The van der Waals surface area contributed by atoms with Crippen LogP contribution in [0.2, 0.25) is 0 Å². The van der Waals surface area contributed by atoms with Gasteiger partial charge in [-0.1, -0.05) is 6.92 Å².